The number of hydrogen-bond acceptors (Lipinski definition) is 3. The van der Waals surface area contributed by atoms with Gasteiger partial charge in [-0.05, 0) is 202 Å². The minimum absolute atomic E-state index is 0.0863. The van der Waals surface area contributed by atoms with Gasteiger partial charge in [-0.25, -0.2) is 0 Å². The molecular weight excluding hydrogens is 1240 g/mol. The maximum Gasteiger partial charge on any atom is 0.252 e. The van der Waals surface area contributed by atoms with Crippen molar-refractivity contribution in [1.82, 2.24) is 4.57 Å². The van der Waals surface area contributed by atoms with E-state index in [-0.39, 0.29) is 33.8 Å². The molecule has 0 amide bonds. The summed E-state index contributed by atoms with van der Waals surface area (Å²) < 4.78 is 2.52. The van der Waals surface area contributed by atoms with E-state index in [0.717, 1.165) is 50.8 Å². The SMILES string of the molecule is CC(C)(C)c1cc(-c2ccc3c(c2)N(c2c(-c4ccccc4)cc(C(C)(C)C)cc2-c2ccccc2)c2cc(C(C)(C)C)cc4c2B3c2ccc(-n3c5ccccc5c5cc(N(c6ccccc6)c6ccccc6)ccc53)cc2N4c2ccc(C(C)(C)C)cc2-c2ccccc2)cc(C(C)(C)C)c1. The van der Waals surface area contributed by atoms with Gasteiger partial charge in [0.2, 0.25) is 0 Å². The first kappa shape index (κ1) is 66.7. The van der Waals surface area contributed by atoms with Crippen molar-refractivity contribution in [1.29, 1.82) is 0 Å². The highest BCUT2D eigenvalue weighted by Gasteiger charge is 2.46. The van der Waals surface area contributed by atoms with Gasteiger partial charge in [-0.1, -0.05) is 292 Å². The summed E-state index contributed by atoms with van der Waals surface area (Å²) in [5, 5.41) is 2.39. The molecule has 0 spiro atoms. The Balaban J connectivity index is 1.04. The average molecular weight is 1340 g/mol. The summed E-state index contributed by atoms with van der Waals surface area (Å²) in [5.74, 6) is 0. The van der Waals surface area contributed by atoms with Crippen molar-refractivity contribution in [2.24, 2.45) is 0 Å². The van der Waals surface area contributed by atoms with Crippen molar-refractivity contribution in [3.05, 3.63) is 319 Å². The highest BCUT2D eigenvalue weighted by atomic mass is 15.2. The van der Waals surface area contributed by atoms with E-state index in [2.05, 4.69) is 414 Å². The van der Waals surface area contributed by atoms with Crippen molar-refractivity contribution < 1.29 is 0 Å². The van der Waals surface area contributed by atoms with E-state index in [1.54, 1.807) is 0 Å². The molecule has 2 aliphatic heterocycles. The fourth-order valence-corrected chi connectivity index (χ4v) is 15.9. The Kier molecular flexibility index (Phi) is 16.2. The lowest BCUT2D eigenvalue weighted by Gasteiger charge is -2.46. The molecule has 508 valence electrons. The van der Waals surface area contributed by atoms with Gasteiger partial charge in [0.15, 0.2) is 0 Å². The number of nitrogens with zero attached hydrogens (tertiary/aromatic N) is 4. The van der Waals surface area contributed by atoms with Gasteiger partial charge in [0.1, 0.15) is 0 Å². The Morgan fingerprint density at radius 1 is 0.262 bits per heavy atom. The van der Waals surface area contributed by atoms with Gasteiger partial charge in [0.05, 0.1) is 22.4 Å². The minimum Gasteiger partial charge on any atom is -0.311 e. The van der Waals surface area contributed by atoms with E-state index in [1.807, 2.05) is 0 Å². The number of aromatic nitrogens is 1. The fraction of sp³-hybridized carbons (Fsp3) is 0.204. The van der Waals surface area contributed by atoms with Crippen molar-refractivity contribution in [3.8, 4) is 50.2 Å². The van der Waals surface area contributed by atoms with E-state index in [1.165, 1.54) is 117 Å². The smallest absolute Gasteiger partial charge is 0.252 e. The second-order valence-electron chi connectivity index (χ2n) is 33.9. The first-order chi connectivity index (χ1) is 49.3. The summed E-state index contributed by atoms with van der Waals surface area (Å²) in [4.78, 5) is 7.80. The summed E-state index contributed by atoms with van der Waals surface area (Å²) in [6, 6.07) is 111. The third-order valence-corrected chi connectivity index (χ3v) is 21.7. The number of benzene rings is 13. The molecule has 0 bridgehead atoms. The Morgan fingerprint density at radius 3 is 1.23 bits per heavy atom. The normalized spacial score (nSPS) is 13.1. The second-order valence-corrected chi connectivity index (χ2v) is 33.9. The van der Waals surface area contributed by atoms with E-state index in [9.17, 15) is 0 Å². The fourth-order valence-electron chi connectivity index (χ4n) is 15.9. The molecule has 0 saturated heterocycles. The van der Waals surface area contributed by atoms with E-state index < -0.39 is 0 Å². The van der Waals surface area contributed by atoms with Crippen LogP contribution in [0.2, 0.25) is 0 Å². The van der Waals surface area contributed by atoms with Crippen LogP contribution in [0, 0.1) is 0 Å². The van der Waals surface area contributed by atoms with Gasteiger partial charge in [-0.15, -0.1) is 0 Å². The van der Waals surface area contributed by atoms with Crippen LogP contribution in [0.4, 0.5) is 51.2 Å². The Morgan fingerprint density at radius 2 is 0.699 bits per heavy atom. The number of para-hydroxylation sites is 3. The average Bonchev–Trinajstić information content (AvgIpc) is 0.967. The van der Waals surface area contributed by atoms with Crippen molar-refractivity contribution in [3.63, 3.8) is 0 Å². The molecule has 103 heavy (non-hydrogen) atoms. The molecule has 13 aromatic carbocycles. The lowest BCUT2D eigenvalue weighted by atomic mass is 9.33. The molecule has 0 atom stereocenters. The Hall–Kier alpha value is -10.9. The summed E-state index contributed by atoms with van der Waals surface area (Å²) in [6.07, 6.45) is 0. The maximum atomic E-state index is 2.74. The van der Waals surface area contributed by atoms with Crippen LogP contribution >= 0.6 is 0 Å². The van der Waals surface area contributed by atoms with Crippen molar-refractivity contribution >= 4 is 96.1 Å². The lowest BCUT2D eigenvalue weighted by molar-refractivity contribution is 0.569. The zero-order valence-corrected chi connectivity index (χ0v) is 62.6. The largest absolute Gasteiger partial charge is 0.311 e. The van der Waals surface area contributed by atoms with Crippen LogP contribution in [-0.2, 0) is 27.1 Å². The predicted molar refractivity (Wildman–Crippen MR) is 445 cm³/mol. The van der Waals surface area contributed by atoms with Crippen LogP contribution in [0.1, 0.15) is 132 Å². The molecule has 0 unspecified atom stereocenters. The molecule has 4 nitrogen and oxygen atoms in total. The van der Waals surface area contributed by atoms with Crippen LogP contribution in [0.15, 0.2) is 291 Å². The number of anilines is 9. The quantitative estimate of drug-likeness (QED) is 0.127. The zero-order valence-electron chi connectivity index (χ0n) is 62.6. The van der Waals surface area contributed by atoms with Gasteiger partial charge in [0.25, 0.3) is 6.71 Å². The standard InChI is InChI=1S/C98H93BN4/c1-94(2,3)69-46-51-86(79(57-69)64-33-21-16-22-34-64)102-89-63-77(101-85-44-32-31-43-78(85)82-62-76(48-52-87(82)101)100(74-39-27-19-28-40-74)75-41-29-20-30-42-75)47-50-84(89)99-83-49-45-67(68-53-70(95(4,5)6)56-71(54-68)96(7,8)9)55-88(83)103(91-61-73(98(13,14)15)60-90(102)92(91)99)93-80(65-35-23-17-24-36-65)58-72(97(10,11)12)59-81(93)66-37-25-18-26-38-66/h16-63H,1-15H3. The van der Waals surface area contributed by atoms with E-state index in [4.69, 9.17) is 0 Å². The van der Waals surface area contributed by atoms with Crippen LogP contribution in [0.5, 0.6) is 0 Å². The third-order valence-electron chi connectivity index (χ3n) is 21.7. The van der Waals surface area contributed by atoms with Crippen LogP contribution in [0.25, 0.3) is 72.0 Å². The Bertz CT molecular complexity index is 5450. The van der Waals surface area contributed by atoms with Crippen LogP contribution in [-0.4, -0.2) is 11.3 Å². The molecule has 1 aromatic heterocycles. The van der Waals surface area contributed by atoms with Gasteiger partial charge < -0.3 is 19.3 Å². The maximum absolute atomic E-state index is 2.74. The monoisotopic (exact) mass is 1340 g/mol. The molecule has 16 rings (SSSR count). The zero-order chi connectivity index (χ0) is 71.6. The molecule has 0 aliphatic carbocycles. The van der Waals surface area contributed by atoms with Gasteiger partial charge in [0, 0.05) is 73.0 Å². The van der Waals surface area contributed by atoms with E-state index >= 15 is 0 Å². The van der Waals surface area contributed by atoms with Crippen LogP contribution < -0.4 is 31.1 Å². The molecular formula is C98H93BN4. The molecule has 0 saturated carbocycles. The summed E-state index contributed by atoms with van der Waals surface area (Å²) in [7, 11) is 0. The topological polar surface area (TPSA) is 14.7 Å². The number of rotatable bonds is 10. The molecule has 3 heterocycles. The summed E-state index contributed by atoms with van der Waals surface area (Å²) in [6.45, 7) is 35.2. The molecule has 0 N–H and O–H groups in total. The molecule has 5 heteroatoms. The predicted octanol–water partition coefficient (Wildman–Crippen LogP) is 25.5. The first-order valence-electron chi connectivity index (χ1n) is 36.9. The molecule has 0 fully saturated rings. The minimum atomic E-state index is -0.295. The van der Waals surface area contributed by atoms with Gasteiger partial charge in [-0.2, -0.15) is 0 Å². The summed E-state index contributed by atoms with van der Waals surface area (Å²) >= 11 is 0. The highest BCUT2D eigenvalue weighted by Crippen LogP contribution is 2.55. The lowest BCUT2D eigenvalue weighted by Crippen LogP contribution is -2.61. The summed E-state index contributed by atoms with van der Waals surface area (Å²) in [5.41, 5.74) is 32.6. The van der Waals surface area contributed by atoms with Crippen LogP contribution in [0.3, 0.4) is 0 Å². The molecule has 0 radical (unpaired) electrons. The molecule has 14 aromatic rings. The first-order valence-corrected chi connectivity index (χ1v) is 36.9. The third kappa shape index (κ3) is 11.9. The second kappa shape index (κ2) is 25.0. The Labute approximate surface area is 611 Å². The number of fused-ring (bicyclic) bond motifs is 7. The highest BCUT2D eigenvalue weighted by molar-refractivity contribution is 7.00. The molecule has 2 aliphatic rings. The van der Waals surface area contributed by atoms with Crippen molar-refractivity contribution in [2.45, 2.75) is 131 Å². The number of hydrogen-bond donors (Lipinski definition) is 0. The van der Waals surface area contributed by atoms with Gasteiger partial charge >= 0.3 is 0 Å². The van der Waals surface area contributed by atoms with E-state index in [0.29, 0.717) is 0 Å². The van der Waals surface area contributed by atoms with Gasteiger partial charge in [-0.3, -0.25) is 0 Å². The van der Waals surface area contributed by atoms with Crippen molar-refractivity contribution in [2.75, 3.05) is 14.7 Å².